The smallest absolute Gasteiger partial charge is 0.136 e. The van der Waals surface area contributed by atoms with Gasteiger partial charge >= 0.3 is 0 Å². The highest BCUT2D eigenvalue weighted by atomic mass is 79.9. The lowest BCUT2D eigenvalue weighted by atomic mass is 10.2. The van der Waals surface area contributed by atoms with Crippen molar-refractivity contribution in [3.63, 3.8) is 0 Å². The van der Waals surface area contributed by atoms with E-state index >= 15 is 0 Å². The molecule has 1 saturated heterocycles. The van der Waals surface area contributed by atoms with E-state index in [9.17, 15) is 4.79 Å². The van der Waals surface area contributed by atoms with Gasteiger partial charge in [0.2, 0.25) is 0 Å². The number of ether oxygens (including phenoxy) is 1. The average Bonchev–Trinajstić information content (AvgIpc) is 2.37. The van der Waals surface area contributed by atoms with E-state index in [1.54, 1.807) is 0 Å². The largest absolute Gasteiger partial charge is 0.377 e. The number of carbonyl (C=O) groups is 1. The molecule has 1 heterocycles. The first-order valence-corrected chi connectivity index (χ1v) is 3.97. The Morgan fingerprint density at radius 2 is 2.56 bits per heavy atom. The molecule has 0 amide bonds. The Balaban J connectivity index is 2.32. The highest BCUT2D eigenvalue weighted by molar-refractivity contribution is 9.10. The zero-order valence-corrected chi connectivity index (χ0v) is 6.63. The number of rotatable bonds is 2. The van der Waals surface area contributed by atoms with Crippen LogP contribution in [0.25, 0.3) is 0 Å². The SMILES string of the molecule is O=C[C@@H](Br)[C@H]1CCCO1. The molecule has 1 aliphatic heterocycles. The van der Waals surface area contributed by atoms with E-state index in [2.05, 4.69) is 15.9 Å². The molecule has 0 bridgehead atoms. The maximum atomic E-state index is 10.2. The minimum atomic E-state index is -0.0972. The minimum Gasteiger partial charge on any atom is -0.377 e. The Morgan fingerprint density at radius 1 is 1.78 bits per heavy atom. The van der Waals surface area contributed by atoms with Gasteiger partial charge in [-0.25, -0.2) is 0 Å². The molecule has 0 radical (unpaired) electrons. The lowest BCUT2D eigenvalue weighted by molar-refractivity contribution is -0.109. The van der Waals surface area contributed by atoms with Gasteiger partial charge in [0.25, 0.3) is 0 Å². The average molecular weight is 193 g/mol. The van der Waals surface area contributed by atoms with Gasteiger partial charge in [0.05, 0.1) is 10.9 Å². The Kier molecular flexibility index (Phi) is 2.66. The molecule has 0 N–H and O–H groups in total. The summed E-state index contributed by atoms with van der Waals surface area (Å²) >= 11 is 3.21. The maximum Gasteiger partial charge on any atom is 0.136 e. The molecule has 3 heteroatoms. The van der Waals surface area contributed by atoms with Crippen LogP contribution in [-0.4, -0.2) is 23.8 Å². The van der Waals surface area contributed by atoms with Crippen LogP contribution in [0.3, 0.4) is 0 Å². The fourth-order valence-corrected chi connectivity index (χ4v) is 1.36. The molecular formula is C6H9BrO2. The predicted molar refractivity (Wildman–Crippen MR) is 37.8 cm³/mol. The predicted octanol–water partition coefficient (Wildman–Crippen LogP) is 1.13. The van der Waals surface area contributed by atoms with Gasteiger partial charge in [0.1, 0.15) is 6.29 Å². The highest BCUT2D eigenvalue weighted by Crippen LogP contribution is 2.18. The van der Waals surface area contributed by atoms with Gasteiger partial charge < -0.3 is 9.53 Å². The summed E-state index contributed by atoms with van der Waals surface area (Å²) < 4.78 is 5.23. The number of hydrogen-bond acceptors (Lipinski definition) is 2. The summed E-state index contributed by atoms with van der Waals surface area (Å²) in [5.41, 5.74) is 0. The summed E-state index contributed by atoms with van der Waals surface area (Å²) in [6, 6.07) is 0. The van der Waals surface area contributed by atoms with Crippen LogP contribution in [0.5, 0.6) is 0 Å². The molecule has 0 saturated carbocycles. The summed E-state index contributed by atoms with van der Waals surface area (Å²) in [4.78, 5) is 10.1. The molecule has 2 nitrogen and oxygen atoms in total. The van der Waals surface area contributed by atoms with E-state index in [4.69, 9.17) is 4.74 Å². The van der Waals surface area contributed by atoms with E-state index in [-0.39, 0.29) is 10.9 Å². The third-order valence-corrected chi connectivity index (χ3v) is 2.26. The Hall–Kier alpha value is 0.110. The summed E-state index contributed by atoms with van der Waals surface area (Å²) in [7, 11) is 0. The van der Waals surface area contributed by atoms with E-state index in [0.29, 0.717) is 0 Å². The first kappa shape index (κ1) is 7.22. The van der Waals surface area contributed by atoms with Gasteiger partial charge in [0, 0.05) is 6.61 Å². The monoisotopic (exact) mass is 192 g/mol. The lowest BCUT2D eigenvalue weighted by Gasteiger charge is -2.08. The summed E-state index contributed by atoms with van der Waals surface area (Å²) in [5, 5.41) is 0. The molecule has 0 aliphatic carbocycles. The molecule has 0 unspecified atom stereocenters. The van der Waals surface area contributed by atoms with Crippen molar-refractivity contribution in [1.29, 1.82) is 0 Å². The zero-order chi connectivity index (χ0) is 6.69. The topological polar surface area (TPSA) is 26.3 Å². The highest BCUT2D eigenvalue weighted by Gasteiger charge is 2.22. The number of carbonyl (C=O) groups excluding carboxylic acids is 1. The third-order valence-electron chi connectivity index (χ3n) is 1.45. The van der Waals surface area contributed by atoms with Crippen molar-refractivity contribution in [1.82, 2.24) is 0 Å². The van der Waals surface area contributed by atoms with Crippen LogP contribution >= 0.6 is 15.9 Å². The molecule has 1 aliphatic rings. The van der Waals surface area contributed by atoms with Gasteiger partial charge in [-0.1, -0.05) is 15.9 Å². The minimum absolute atomic E-state index is 0.0972. The first-order chi connectivity index (χ1) is 4.34. The van der Waals surface area contributed by atoms with Crippen LogP contribution in [0.2, 0.25) is 0 Å². The van der Waals surface area contributed by atoms with Gasteiger partial charge in [-0.05, 0) is 12.8 Å². The summed E-state index contributed by atoms with van der Waals surface area (Å²) in [5.74, 6) is 0. The van der Waals surface area contributed by atoms with E-state index < -0.39 is 0 Å². The number of aldehydes is 1. The van der Waals surface area contributed by atoms with Crippen LogP contribution in [-0.2, 0) is 9.53 Å². The molecule has 9 heavy (non-hydrogen) atoms. The molecule has 2 atom stereocenters. The van der Waals surface area contributed by atoms with Crippen molar-refractivity contribution in [2.45, 2.75) is 23.8 Å². The molecule has 0 aromatic rings. The summed E-state index contributed by atoms with van der Waals surface area (Å²) in [6.07, 6.45) is 3.10. The molecule has 52 valence electrons. The lowest BCUT2D eigenvalue weighted by Crippen LogP contribution is -2.20. The fraction of sp³-hybridized carbons (Fsp3) is 0.833. The van der Waals surface area contributed by atoms with Crippen LogP contribution in [0, 0.1) is 0 Å². The standard InChI is InChI=1S/C6H9BrO2/c7-5(4-8)6-2-1-3-9-6/h4-6H,1-3H2/t5-,6-/m1/s1. The Morgan fingerprint density at radius 3 is 3.00 bits per heavy atom. The van der Waals surface area contributed by atoms with E-state index in [0.717, 1.165) is 25.7 Å². The second kappa shape index (κ2) is 3.32. The number of hydrogen-bond donors (Lipinski definition) is 0. The van der Waals surface area contributed by atoms with Crippen LogP contribution < -0.4 is 0 Å². The zero-order valence-electron chi connectivity index (χ0n) is 5.05. The van der Waals surface area contributed by atoms with Crippen molar-refractivity contribution in [2.75, 3.05) is 6.61 Å². The Bertz CT molecular complexity index is 99.2. The maximum absolute atomic E-state index is 10.2. The van der Waals surface area contributed by atoms with Crippen molar-refractivity contribution < 1.29 is 9.53 Å². The quantitative estimate of drug-likeness (QED) is 0.485. The molecular weight excluding hydrogens is 184 g/mol. The molecule has 0 aromatic heterocycles. The fourth-order valence-electron chi connectivity index (χ4n) is 0.941. The molecule has 0 spiro atoms. The van der Waals surface area contributed by atoms with Crippen molar-refractivity contribution in [3.05, 3.63) is 0 Å². The van der Waals surface area contributed by atoms with Gasteiger partial charge in [-0.3, -0.25) is 0 Å². The third kappa shape index (κ3) is 1.76. The number of halogens is 1. The van der Waals surface area contributed by atoms with Crippen LogP contribution in [0.1, 0.15) is 12.8 Å². The number of alkyl halides is 1. The first-order valence-electron chi connectivity index (χ1n) is 3.05. The van der Waals surface area contributed by atoms with E-state index in [1.165, 1.54) is 0 Å². The van der Waals surface area contributed by atoms with Gasteiger partial charge in [-0.15, -0.1) is 0 Å². The second-order valence-electron chi connectivity index (χ2n) is 2.13. The molecule has 0 aromatic carbocycles. The molecule has 1 fully saturated rings. The van der Waals surface area contributed by atoms with Crippen molar-refractivity contribution in [3.8, 4) is 0 Å². The normalized spacial score (nSPS) is 30.1. The van der Waals surface area contributed by atoms with Crippen LogP contribution in [0.4, 0.5) is 0 Å². The van der Waals surface area contributed by atoms with Crippen molar-refractivity contribution >= 4 is 22.2 Å². The Labute approximate surface area is 62.7 Å². The van der Waals surface area contributed by atoms with Crippen LogP contribution in [0.15, 0.2) is 0 Å². The van der Waals surface area contributed by atoms with Gasteiger partial charge in [-0.2, -0.15) is 0 Å². The van der Waals surface area contributed by atoms with Gasteiger partial charge in [0.15, 0.2) is 0 Å². The molecule has 1 rings (SSSR count). The van der Waals surface area contributed by atoms with Crippen molar-refractivity contribution in [2.24, 2.45) is 0 Å². The second-order valence-corrected chi connectivity index (χ2v) is 3.19. The van der Waals surface area contributed by atoms with E-state index in [1.807, 2.05) is 0 Å². The summed E-state index contributed by atoms with van der Waals surface area (Å²) in [6.45, 7) is 0.806.